The summed E-state index contributed by atoms with van der Waals surface area (Å²) in [5.74, 6) is -4.52. The Hall–Kier alpha value is -1.71. The molecular formula is C36H65N3O10. The summed E-state index contributed by atoms with van der Waals surface area (Å²) in [6, 6.07) is -0.252. The third kappa shape index (κ3) is 9.79. The number of cyclic esters (lactones) is 1. The number of Topliss-reactive ketones (excluding diaryl/α,β-unsaturated/α-hetero) is 1. The third-order valence-corrected chi connectivity index (χ3v) is 11.2. The molecule has 0 unspecified atom stereocenters. The summed E-state index contributed by atoms with van der Waals surface area (Å²) in [7, 11) is 5.30. The topological polar surface area (TPSA) is 160 Å². The average molecular weight is 700 g/mol. The molecule has 0 aromatic heterocycles. The van der Waals surface area contributed by atoms with E-state index in [-0.39, 0.29) is 25.0 Å². The number of carbonyl (C=O) groups excluding carboxylic acids is 2. The Balaban J connectivity index is 2.09. The van der Waals surface area contributed by atoms with Crippen LogP contribution in [0.2, 0.25) is 0 Å². The second kappa shape index (κ2) is 17.7. The quantitative estimate of drug-likeness (QED) is 0.140. The van der Waals surface area contributed by atoms with E-state index in [4.69, 9.17) is 23.8 Å². The molecule has 3 heterocycles. The first-order chi connectivity index (χ1) is 22.9. The van der Waals surface area contributed by atoms with Crippen molar-refractivity contribution in [1.82, 2.24) is 9.80 Å². The fourth-order valence-corrected chi connectivity index (χ4v) is 7.91. The second-order valence-electron chi connectivity index (χ2n) is 15.4. The molecule has 49 heavy (non-hydrogen) atoms. The van der Waals surface area contributed by atoms with Crippen LogP contribution in [0.1, 0.15) is 87.5 Å². The highest BCUT2D eigenvalue weighted by atomic mass is 16.7. The summed E-state index contributed by atoms with van der Waals surface area (Å²) in [5.41, 5.74) is -2.57. The number of likely N-dealkylation sites (tertiary alicyclic amines) is 1. The molecule has 0 amide bonds. The Morgan fingerprint density at radius 3 is 2.24 bits per heavy atom. The maximum atomic E-state index is 14.1. The van der Waals surface area contributed by atoms with Gasteiger partial charge in [-0.05, 0) is 87.0 Å². The lowest BCUT2D eigenvalue weighted by Crippen LogP contribution is -2.60. The van der Waals surface area contributed by atoms with Crippen LogP contribution in [0.25, 0.3) is 0 Å². The molecular weight excluding hydrogens is 634 g/mol. The number of esters is 1. The summed E-state index contributed by atoms with van der Waals surface area (Å²) in [6.45, 7) is 16.9. The van der Waals surface area contributed by atoms with Crippen LogP contribution in [0.4, 0.5) is 0 Å². The largest absolute Gasteiger partial charge is 0.459 e. The van der Waals surface area contributed by atoms with Crippen molar-refractivity contribution in [3.8, 4) is 0 Å². The fraction of sp³-hybridized carbons (Fsp3) is 0.917. The molecule has 0 radical (unpaired) electrons. The highest BCUT2D eigenvalue weighted by molar-refractivity contribution is 6.00. The van der Waals surface area contributed by atoms with Crippen LogP contribution in [0.3, 0.4) is 0 Å². The van der Waals surface area contributed by atoms with Crippen LogP contribution < -0.4 is 0 Å². The lowest BCUT2D eigenvalue weighted by atomic mass is 9.74. The summed E-state index contributed by atoms with van der Waals surface area (Å²) in [5, 5.41) is 39.4. The number of likely N-dealkylation sites (N-methyl/N-ethyl adjacent to an activating group) is 1. The van der Waals surface area contributed by atoms with Gasteiger partial charge in [0.2, 0.25) is 0 Å². The van der Waals surface area contributed by atoms with Gasteiger partial charge < -0.3 is 44.0 Å². The third-order valence-electron chi connectivity index (χ3n) is 11.2. The van der Waals surface area contributed by atoms with Crippen molar-refractivity contribution in [3.05, 3.63) is 0 Å². The molecule has 13 heteroatoms. The SMILES string of the molecule is CC[C@H]1OC(=O)[C@H](C)C(=O)[C@H](C)[C@@H](O[C@@H]2O[C@H](C)C[C@H](N(C)C)[C@H]2O)[C@](C)(OC)C[C@@H](C)/C(=N\OCCN2CCCC2)[C@H](C)[C@@H](O)[C@]1(C)O. The molecule has 0 aromatic carbocycles. The summed E-state index contributed by atoms with van der Waals surface area (Å²) in [4.78, 5) is 37.7. The molecule has 3 aliphatic heterocycles. The van der Waals surface area contributed by atoms with Gasteiger partial charge in [0.25, 0.3) is 0 Å². The van der Waals surface area contributed by atoms with Crippen molar-refractivity contribution in [2.45, 2.75) is 142 Å². The molecule has 3 N–H and O–H groups in total. The Bertz CT molecular complexity index is 1110. The van der Waals surface area contributed by atoms with E-state index in [1.807, 2.05) is 39.8 Å². The van der Waals surface area contributed by atoms with Gasteiger partial charge in [0, 0.05) is 37.5 Å². The maximum Gasteiger partial charge on any atom is 0.316 e. The van der Waals surface area contributed by atoms with Crippen LogP contribution in [-0.2, 0) is 33.4 Å². The van der Waals surface area contributed by atoms with Gasteiger partial charge in [0.15, 0.2) is 12.1 Å². The summed E-state index contributed by atoms with van der Waals surface area (Å²) in [6.07, 6.45) is -2.47. The first-order valence-electron chi connectivity index (χ1n) is 18.2. The number of methoxy groups -OCH3 is 1. The van der Waals surface area contributed by atoms with E-state index in [1.165, 1.54) is 21.0 Å². The summed E-state index contributed by atoms with van der Waals surface area (Å²) < 4.78 is 24.7. The van der Waals surface area contributed by atoms with Crippen molar-refractivity contribution in [1.29, 1.82) is 0 Å². The molecule has 3 fully saturated rings. The van der Waals surface area contributed by atoms with Gasteiger partial charge in [0.1, 0.15) is 30.3 Å². The van der Waals surface area contributed by atoms with Gasteiger partial charge >= 0.3 is 5.97 Å². The predicted octanol–water partition coefficient (Wildman–Crippen LogP) is 2.62. The van der Waals surface area contributed by atoms with Crippen LogP contribution in [0, 0.1) is 23.7 Å². The lowest BCUT2D eigenvalue weighted by molar-refractivity contribution is -0.295. The molecule has 0 bridgehead atoms. The minimum atomic E-state index is -1.87. The van der Waals surface area contributed by atoms with E-state index in [9.17, 15) is 24.9 Å². The van der Waals surface area contributed by atoms with Gasteiger partial charge in [-0.1, -0.05) is 32.9 Å². The summed E-state index contributed by atoms with van der Waals surface area (Å²) >= 11 is 0. The normalized spacial score (nSPS) is 43.1. The monoisotopic (exact) mass is 699 g/mol. The van der Waals surface area contributed by atoms with Crippen molar-refractivity contribution < 1.29 is 48.7 Å². The second-order valence-corrected chi connectivity index (χ2v) is 15.4. The molecule has 13 nitrogen and oxygen atoms in total. The zero-order chi connectivity index (χ0) is 36.8. The molecule has 0 aromatic rings. The zero-order valence-corrected chi connectivity index (χ0v) is 31.8. The number of aliphatic hydroxyl groups excluding tert-OH is 2. The van der Waals surface area contributed by atoms with Crippen LogP contribution in [0.5, 0.6) is 0 Å². The number of nitrogens with zero attached hydrogens (tertiary/aromatic N) is 3. The highest BCUT2D eigenvalue weighted by Crippen LogP contribution is 2.38. The number of hydrogen-bond donors (Lipinski definition) is 3. The van der Waals surface area contributed by atoms with E-state index >= 15 is 0 Å². The number of oxime groups is 1. The van der Waals surface area contributed by atoms with Gasteiger partial charge in [-0.15, -0.1) is 0 Å². The van der Waals surface area contributed by atoms with Crippen LogP contribution in [-0.4, -0.2) is 144 Å². The average Bonchev–Trinajstić information content (AvgIpc) is 3.58. The Kier molecular flexibility index (Phi) is 15.0. The van der Waals surface area contributed by atoms with Crippen molar-refractivity contribution in [2.24, 2.45) is 28.8 Å². The van der Waals surface area contributed by atoms with E-state index in [0.29, 0.717) is 25.3 Å². The Morgan fingerprint density at radius 1 is 1.04 bits per heavy atom. The molecule has 0 saturated carbocycles. The van der Waals surface area contributed by atoms with Crippen molar-refractivity contribution in [3.63, 3.8) is 0 Å². The number of hydrogen-bond acceptors (Lipinski definition) is 13. The molecule has 0 aliphatic carbocycles. The first kappa shape index (κ1) is 41.7. The van der Waals surface area contributed by atoms with E-state index < -0.39 is 77.3 Å². The van der Waals surface area contributed by atoms with Crippen molar-refractivity contribution in [2.75, 3.05) is 47.4 Å². The molecule has 3 rings (SSSR count). The van der Waals surface area contributed by atoms with Crippen LogP contribution in [0.15, 0.2) is 5.16 Å². The Morgan fingerprint density at radius 2 is 1.67 bits per heavy atom. The van der Waals surface area contributed by atoms with Gasteiger partial charge in [0.05, 0.1) is 29.6 Å². The van der Waals surface area contributed by atoms with E-state index in [2.05, 4.69) is 10.1 Å². The minimum absolute atomic E-state index is 0.197. The van der Waals surface area contributed by atoms with Gasteiger partial charge in [-0.3, -0.25) is 14.5 Å². The number of rotatable bonds is 9. The first-order valence-corrected chi connectivity index (χ1v) is 18.2. The van der Waals surface area contributed by atoms with E-state index in [1.54, 1.807) is 20.8 Å². The van der Waals surface area contributed by atoms with Gasteiger partial charge in [-0.2, -0.15) is 0 Å². The number of ether oxygens (including phenoxy) is 4. The minimum Gasteiger partial charge on any atom is -0.459 e. The van der Waals surface area contributed by atoms with E-state index in [0.717, 1.165) is 25.9 Å². The standard InChI is InChI=1S/C36H65N3O10/c1-12-27-36(8,44)31(42)23(4)28(37-46-18-17-39-15-13-14-16-39)21(2)20-35(7,45-11)32(24(5)29(40)25(6)33(43)48-27)49-34-30(41)26(38(9)10)19-22(3)47-34/h21-27,30-32,34,41-42,44H,12-20H2,1-11H3/b37-28+/t21-,22-,23+,24+,25-,26+,27-,30-,31-,32-,34+,35-,36-/m1/s1. The Labute approximate surface area is 293 Å². The lowest BCUT2D eigenvalue weighted by Gasteiger charge is -2.47. The number of ketones is 1. The number of aliphatic hydroxyl groups is 3. The fourth-order valence-electron chi connectivity index (χ4n) is 7.91. The predicted molar refractivity (Wildman–Crippen MR) is 185 cm³/mol. The smallest absolute Gasteiger partial charge is 0.316 e. The molecule has 13 atom stereocenters. The highest BCUT2D eigenvalue weighted by Gasteiger charge is 2.51. The van der Waals surface area contributed by atoms with Crippen molar-refractivity contribution >= 4 is 17.5 Å². The molecule has 284 valence electrons. The zero-order valence-electron chi connectivity index (χ0n) is 31.8. The maximum absolute atomic E-state index is 14.1. The molecule has 3 aliphatic rings. The van der Waals surface area contributed by atoms with Crippen LogP contribution >= 0.6 is 0 Å². The number of carbonyl (C=O) groups is 2. The molecule has 0 spiro atoms. The van der Waals surface area contributed by atoms with Gasteiger partial charge in [-0.25, -0.2) is 0 Å². The molecule has 3 saturated heterocycles.